The molecule has 0 amide bonds. The molecule has 0 saturated heterocycles. The number of methoxy groups -OCH3 is 1. The minimum Gasteiger partial charge on any atom is -0.497 e. The molecule has 1 heterocycles. The number of rotatable bonds is 5. The summed E-state index contributed by atoms with van der Waals surface area (Å²) in [7, 11) is 3.03. The summed E-state index contributed by atoms with van der Waals surface area (Å²) >= 11 is 0. The van der Waals surface area contributed by atoms with Gasteiger partial charge in [0.2, 0.25) is 5.88 Å². The third-order valence-corrected chi connectivity index (χ3v) is 2.64. The van der Waals surface area contributed by atoms with E-state index in [0.717, 1.165) is 5.56 Å². The maximum atomic E-state index is 5.80. The van der Waals surface area contributed by atoms with Crippen LogP contribution in [0, 0.1) is 6.92 Å². The van der Waals surface area contributed by atoms with E-state index in [1.165, 1.54) is 19.7 Å². The molecule has 1 aromatic heterocycles. The lowest BCUT2D eigenvalue weighted by atomic mass is 10.2. The predicted molar refractivity (Wildman–Crippen MR) is 78.9 cm³/mol. The van der Waals surface area contributed by atoms with Crippen LogP contribution in [-0.4, -0.2) is 30.4 Å². The van der Waals surface area contributed by atoms with Gasteiger partial charge in [0.15, 0.2) is 0 Å². The molecule has 2 N–H and O–H groups in total. The topological polar surface area (TPSA) is 91.9 Å². The van der Waals surface area contributed by atoms with E-state index >= 15 is 0 Å². The van der Waals surface area contributed by atoms with Crippen LogP contribution in [0.4, 0.5) is 5.82 Å². The summed E-state index contributed by atoms with van der Waals surface area (Å²) in [5.41, 5.74) is 7.24. The Balaban J connectivity index is 2.37. The molecule has 0 fully saturated rings. The van der Waals surface area contributed by atoms with Crippen LogP contribution in [0.3, 0.4) is 0 Å². The number of aromatic nitrogens is 2. The van der Waals surface area contributed by atoms with Crippen LogP contribution in [0.5, 0.6) is 17.4 Å². The van der Waals surface area contributed by atoms with E-state index in [4.69, 9.17) is 15.2 Å². The monoisotopic (exact) mass is 288 g/mol. The Morgan fingerprint density at radius 3 is 2.62 bits per heavy atom. The molecule has 0 atom stereocenters. The molecule has 110 valence electrons. The Labute approximate surface area is 122 Å². The number of nitrogen functional groups attached to an aromatic ring is 1. The van der Waals surface area contributed by atoms with Gasteiger partial charge in [0.1, 0.15) is 36.3 Å². The molecule has 21 heavy (non-hydrogen) atoms. The van der Waals surface area contributed by atoms with Crippen molar-refractivity contribution < 1.29 is 14.3 Å². The molecule has 0 aliphatic heterocycles. The van der Waals surface area contributed by atoms with Crippen LogP contribution >= 0.6 is 0 Å². The molecule has 1 aromatic carbocycles. The molecule has 0 spiro atoms. The quantitative estimate of drug-likeness (QED) is 0.669. The lowest BCUT2D eigenvalue weighted by Gasteiger charge is -2.10. The van der Waals surface area contributed by atoms with Gasteiger partial charge in [-0.05, 0) is 24.6 Å². The first-order valence-corrected chi connectivity index (χ1v) is 6.14. The number of ether oxygens (including phenoxy) is 2. The average molecular weight is 288 g/mol. The van der Waals surface area contributed by atoms with Crippen molar-refractivity contribution in [1.82, 2.24) is 9.97 Å². The summed E-state index contributed by atoms with van der Waals surface area (Å²) in [6.45, 7) is 1.94. The minimum atomic E-state index is 0.250. The first-order valence-electron chi connectivity index (χ1n) is 6.14. The van der Waals surface area contributed by atoms with Crippen molar-refractivity contribution in [2.24, 2.45) is 5.16 Å². The predicted octanol–water partition coefficient (Wildman–Crippen LogP) is 2.15. The van der Waals surface area contributed by atoms with Crippen LogP contribution in [0.25, 0.3) is 0 Å². The minimum absolute atomic E-state index is 0.250. The van der Waals surface area contributed by atoms with Gasteiger partial charge in [-0.3, -0.25) is 0 Å². The Kier molecular flexibility index (Phi) is 4.55. The molecule has 0 aliphatic carbocycles. The highest BCUT2D eigenvalue weighted by Gasteiger charge is 2.11. The van der Waals surface area contributed by atoms with E-state index in [1.807, 2.05) is 19.1 Å². The van der Waals surface area contributed by atoms with Crippen LogP contribution in [0.2, 0.25) is 0 Å². The standard InChI is InChI=1S/C14H16N4O3/c1-9-4-10(19-2)6-11(5-9)21-14-12(7-18-20-3)13(15)16-8-17-14/h4-8H,1-3H3,(H2,15,16,17). The fourth-order valence-corrected chi connectivity index (χ4v) is 1.70. The molecule has 7 heteroatoms. The van der Waals surface area contributed by atoms with Crippen molar-refractivity contribution in [3.63, 3.8) is 0 Å². The maximum Gasteiger partial charge on any atom is 0.233 e. The number of hydrogen-bond donors (Lipinski definition) is 1. The molecular formula is C14H16N4O3. The van der Waals surface area contributed by atoms with Crippen molar-refractivity contribution in [3.8, 4) is 17.4 Å². The zero-order valence-corrected chi connectivity index (χ0v) is 12.0. The first-order chi connectivity index (χ1) is 10.1. The molecule has 0 bridgehead atoms. The summed E-state index contributed by atoms with van der Waals surface area (Å²) in [4.78, 5) is 12.6. The van der Waals surface area contributed by atoms with Gasteiger partial charge in [-0.15, -0.1) is 0 Å². The maximum absolute atomic E-state index is 5.80. The Morgan fingerprint density at radius 2 is 1.90 bits per heavy atom. The second kappa shape index (κ2) is 6.56. The first kappa shape index (κ1) is 14.6. The van der Waals surface area contributed by atoms with Gasteiger partial charge in [-0.1, -0.05) is 5.16 Å². The number of hydrogen-bond acceptors (Lipinski definition) is 7. The van der Waals surface area contributed by atoms with E-state index in [0.29, 0.717) is 17.1 Å². The molecule has 7 nitrogen and oxygen atoms in total. The Hall–Kier alpha value is -2.83. The van der Waals surface area contributed by atoms with Crippen molar-refractivity contribution in [2.45, 2.75) is 6.92 Å². The van der Waals surface area contributed by atoms with Gasteiger partial charge in [0.25, 0.3) is 0 Å². The van der Waals surface area contributed by atoms with Crippen molar-refractivity contribution in [2.75, 3.05) is 20.0 Å². The number of anilines is 1. The second-order valence-electron chi connectivity index (χ2n) is 4.18. The number of nitrogens with two attached hydrogens (primary N) is 1. The highest BCUT2D eigenvalue weighted by molar-refractivity contribution is 5.88. The summed E-state index contributed by atoms with van der Waals surface area (Å²) in [5.74, 6) is 1.81. The molecule has 2 rings (SSSR count). The normalized spacial score (nSPS) is 10.6. The summed E-state index contributed by atoms with van der Waals surface area (Å²) in [5, 5.41) is 3.67. The van der Waals surface area contributed by atoms with Gasteiger partial charge >= 0.3 is 0 Å². The lowest BCUT2D eigenvalue weighted by Crippen LogP contribution is -2.02. The SMILES string of the molecule is CON=Cc1c(N)ncnc1Oc1cc(C)cc(OC)c1. The smallest absolute Gasteiger partial charge is 0.233 e. The van der Waals surface area contributed by atoms with E-state index in [2.05, 4.69) is 20.0 Å². The van der Waals surface area contributed by atoms with Gasteiger partial charge < -0.3 is 20.0 Å². The fourth-order valence-electron chi connectivity index (χ4n) is 1.70. The number of nitrogens with zero attached hydrogens (tertiary/aromatic N) is 3. The van der Waals surface area contributed by atoms with E-state index < -0.39 is 0 Å². The van der Waals surface area contributed by atoms with Gasteiger partial charge in [-0.2, -0.15) is 0 Å². The number of benzene rings is 1. The highest BCUT2D eigenvalue weighted by Crippen LogP contribution is 2.28. The van der Waals surface area contributed by atoms with Gasteiger partial charge in [0.05, 0.1) is 13.3 Å². The summed E-state index contributed by atoms with van der Waals surface area (Å²) in [6.07, 6.45) is 2.72. The van der Waals surface area contributed by atoms with Crippen molar-refractivity contribution in [3.05, 3.63) is 35.7 Å². The molecule has 0 unspecified atom stereocenters. The Bertz CT molecular complexity index is 659. The van der Waals surface area contributed by atoms with Crippen LogP contribution in [0.15, 0.2) is 29.7 Å². The number of aryl methyl sites for hydroxylation is 1. The molecule has 2 aromatic rings. The Morgan fingerprint density at radius 1 is 1.14 bits per heavy atom. The van der Waals surface area contributed by atoms with Crippen molar-refractivity contribution >= 4 is 12.0 Å². The summed E-state index contributed by atoms with van der Waals surface area (Å²) in [6, 6.07) is 5.51. The lowest BCUT2D eigenvalue weighted by molar-refractivity contribution is 0.215. The molecule has 0 aliphatic rings. The van der Waals surface area contributed by atoms with E-state index in [9.17, 15) is 0 Å². The fraction of sp³-hybridized carbons (Fsp3) is 0.214. The van der Waals surface area contributed by atoms with E-state index in [-0.39, 0.29) is 11.7 Å². The molecular weight excluding hydrogens is 272 g/mol. The van der Waals surface area contributed by atoms with Gasteiger partial charge in [-0.25, -0.2) is 9.97 Å². The largest absolute Gasteiger partial charge is 0.497 e. The van der Waals surface area contributed by atoms with Crippen LogP contribution in [-0.2, 0) is 4.84 Å². The summed E-state index contributed by atoms with van der Waals surface area (Å²) < 4.78 is 11.0. The average Bonchev–Trinajstić information content (AvgIpc) is 2.46. The zero-order valence-electron chi connectivity index (χ0n) is 12.0. The van der Waals surface area contributed by atoms with E-state index in [1.54, 1.807) is 13.2 Å². The molecule has 0 radical (unpaired) electrons. The van der Waals surface area contributed by atoms with Crippen LogP contribution < -0.4 is 15.2 Å². The zero-order chi connectivity index (χ0) is 15.2. The third kappa shape index (κ3) is 3.59. The van der Waals surface area contributed by atoms with Crippen molar-refractivity contribution in [1.29, 1.82) is 0 Å². The highest BCUT2D eigenvalue weighted by atomic mass is 16.6. The number of oxime groups is 1. The second-order valence-corrected chi connectivity index (χ2v) is 4.18. The van der Waals surface area contributed by atoms with Crippen LogP contribution in [0.1, 0.15) is 11.1 Å². The molecule has 0 saturated carbocycles. The third-order valence-electron chi connectivity index (χ3n) is 2.64. The van der Waals surface area contributed by atoms with Gasteiger partial charge in [0, 0.05) is 6.07 Å².